The smallest absolute Gasteiger partial charge is 0.242 e. The molecule has 0 saturated heterocycles. The summed E-state index contributed by atoms with van der Waals surface area (Å²) >= 11 is 5.91. The van der Waals surface area contributed by atoms with E-state index < -0.39 is 10.0 Å². The minimum atomic E-state index is -3.71. The molecule has 0 radical (unpaired) electrons. The number of hydrogen-bond acceptors (Lipinski definition) is 6. The molecule has 0 bridgehead atoms. The Hall–Kier alpha value is -1.71. The second-order valence-corrected chi connectivity index (χ2v) is 6.08. The van der Waals surface area contributed by atoms with E-state index in [9.17, 15) is 8.42 Å². The van der Waals surface area contributed by atoms with Crippen LogP contribution in [0.15, 0.2) is 23.5 Å². The Labute approximate surface area is 121 Å². The van der Waals surface area contributed by atoms with Gasteiger partial charge in [0.05, 0.1) is 11.6 Å². The molecule has 10 heteroatoms. The Morgan fingerprint density at radius 2 is 2.15 bits per heavy atom. The fraction of sp³-hybridized carbons (Fsp3) is 0.300. The SMILES string of the molecule is CNc1ncc(S(=O)(=O)NCc2ncn(C)n2)cc1Cl. The Balaban J connectivity index is 2.15. The lowest BCUT2D eigenvalue weighted by molar-refractivity contribution is 0.578. The summed E-state index contributed by atoms with van der Waals surface area (Å²) in [7, 11) is -0.365. The van der Waals surface area contributed by atoms with Gasteiger partial charge in [0.25, 0.3) is 0 Å². The molecule has 8 nitrogen and oxygen atoms in total. The molecular formula is C10H13ClN6O2S. The largest absolute Gasteiger partial charge is 0.372 e. The summed E-state index contributed by atoms with van der Waals surface area (Å²) in [6.45, 7) is -0.00539. The quantitative estimate of drug-likeness (QED) is 0.827. The van der Waals surface area contributed by atoms with Crippen LogP contribution in [-0.2, 0) is 23.6 Å². The molecule has 0 aromatic carbocycles. The number of aryl methyl sites for hydroxylation is 1. The topological polar surface area (TPSA) is 102 Å². The summed E-state index contributed by atoms with van der Waals surface area (Å²) in [5, 5.41) is 6.96. The Kier molecular flexibility index (Phi) is 4.21. The van der Waals surface area contributed by atoms with Gasteiger partial charge in [0.15, 0.2) is 5.82 Å². The van der Waals surface area contributed by atoms with Gasteiger partial charge < -0.3 is 5.32 Å². The van der Waals surface area contributed by atoms with Crippen molar-refractivity contribution in [2.75, 3.05) is 12.4 Å². The van der Waals surface area contributed by atoms with Crippen LogP contribution < -0.4 is 10.0 Å². The normalized spacial score (nSPS) is 11.6. The van der Waals surface area contributed by atoms with Crippen molar-refractivity contribution >= 4 is 27.4 Å². The third kappa shape index (κ3) is 3.24. The molecule has 2 N–H and O–H groups in total. The van der Waals surface area contributed by atoms with Crippen molar-refractivity contribution in [3.05, 3.63) is 29.4 Å². The Morgan fingerprint density at radius 1 is 1.40 bits per heavy atom. The van der Waals surface area contributed by atoms with E-state index in [1.54, 1.807) is 14.1 Å². The lowest BCUT2D eigenvalue weighted by atomic mass is 10.4. The molecule has 0 unspecified atom stereocenters. The second kappa shape index (κ2) is 5.73. The molecule has 0 aliphatic heterocycles. The molecular weight excluding hydrogens is 304 g/mol. The predicted octanol–water partition coefficient (Wildman–Crippen LogP) is 0.384. The molecule has 2 aromatic heterocycles. The van der Waals surface area contributed by atoms with Gasteiger partial charge in [-0.05, 0) is 6.07 Å². The number of rotatable bonds is 5. The van der Waals surface area contributed by atoms with Crippen molar-refractivity contribution in [3.63, 3.8) is 0 Å². The first-order valence-corrected chi connectivity index (χ1v) is 7.46. The third-order valence-electron chi connectivity index (χ3n) is 2.43. The van der Waals surface area contributed by atoms with E-state index >= 15 is 0 Å². The summed E-state index contributed by atoms with van der Waals surface area (Å²) in [4.78, 5) is 7.84. The zero-order valence-corrected chi connectivity index (χ0v) is 12.4. The molecule has 0 spiro atoms. The van der Waals surface area contributed by atoms with Crippen LogP contribution >= 0.6 is 11.6 Å². The van der Waals surface area contributed by atoms with E-state index in [1.807, 2.05) is 0 Å². The van der Waals surface area contributed by atoms with Crippen LogP contribution in [0.4, 0.5) is 5.82 Å². The number of hydrogen-bond donors (Lipinski definition) is 2. The van der Waals surface area contributed by atoms with E-state index in [4.69, 9.17) is 11.6 Å². The monoisotopic (exact) mass is 316 g/mol. The molecule has 0 aliphatic rings. The fourth-order valence-electron chi connectivity index (χ4n) is 1.46. The first kappa shape index (κ1) is 14.7. The fourth-order valence-corrected chi connectivity index (χ4v) is 2.73. The summed E-state index contributed by atoms with van der Waals surface area (Å²) in [5.74, 6) is 0.791. The molecule has 0 amide bonds. The maximum atomic E-state index is 12.1. The highest BCUT2D eigenvalue weighted by Gasteiger charge is 2.17. The van der Waals surface area contributed by atoms with Gasteiger partial charge in [-0.15, -0.1) is 0 Å². The van der Waals surface area contributed by atoms with Crippen molar-refractivity contribution in [2.45, 2.75) is 11.4 Å². The molecule has 2 heterocycles. The van der Waals surface area contributed by atoms with Gasteiger partial charge in [-0.2, -0.15) is 5.10 Å². The first-order valence-electron chi connectivity index (χ1n) is 5.60. The summed E-state index contributed by atoms with van der Waals surface area (Å²) in [6, 6.07) is 1.33. The molecule has 2 aromatic rings. The van der Waals surface area contributed by atoms with Crippen LogP contribution in [0.5, 0.6) is 0 Å². The van der Waals surface area contributed by atoms with Crippen LogP contribution in [0.3, 0.4) is 0 Å². The number of sulfonamides is 1. The molecule has 20 heavy (non-hydrogen) atoms. The average Bonchev–Trinajstić information content (AvgIpc) is 2.82. The molecule has 2 rings (SSSR count). The second-order valence-electron chi connectivity index (χ2n) is 3.91. The molecule has 108 valence electrons. The predicted molar refractivity (Wildman–Crippen MR) is 73.8 cm³/mol. The lowest BCUT2D eigenvalue weighted by Crippen LogP contribution is -2.24. The van der Waals surface area contributed by atoms with Crippen LogP contribution in [0, 0.1) is 0 Å². The maximum Gasteiger partial charge on any atom is 0.242 e. The third-order valence-corrected chi connectivity index (χ3v) is 4.09. The van der Waals surface area contributed by atoms with Gasteiger partial charge in [-0.25, -0.2) is 23.1 Å². The van der Waals surface area contributed by atoms with E-state index in [1.165, 1.54) is 23.3 Å². The van der Waals surface area contributed by atoms with Gasteiger partial charge in [0, 0.05) is 20.3 Å². The maximum absolute atomic E-state index is 12.1. The zero-order valence-electron chi connectivity index (χ0n) is 10.8. The van der Waals surface area contributed by atoms with E-state index in [-0.39, 0.29) is 16.5 Å². The number of anilines is 1. The number of halogens is 1. The zero-order chi connectivity index (χ0) is 14.8. The number of aromatic nitrogens is 4. The van der Waals surface area contributed by atoms with Crippen molar-refractivity contribution in [2.24, 2.45) is 7.05 Å². The molecule has 0 aliphatic carbocycles. The Bertz CT molecular complexity index is 714. The van der Waals surface area contributed by atoms with Crippen molar-refractivity contribution < 1.29 is 8.42 Å². The summed E-state index contributed by atoms with van der Waals surface area (Å²) < 4.78 is 28.0. The van der Waals surface area contributed by atoms with E-state index in [2.05, 4.69) is 25.1 Å². The summed E-state index contributed by atoms with van der Waals surface area (Å²) in [6.07, 6.45) is 2.72. The van der Waals surface area contributed by atoms with Crippen molar-refractivity contribution in [3.8, 4) is 0 Å². The first-order chi connectivity index (χ1) is 9.42. The highest BCUT2D eigenvalue weighted by molar-refractivity contribution is 7.89. The van der Waals surface area contributed by atoms with Crippen LogP contribution in [0.2, 0.25) is 5.02 Å². The number of nitrogens with one attached hydrogen (secondary N) is 2. The molecule has 0 fully saturated rings. The minimum absolute atomic E-state index is 0.00539. The van der Waals surface area contributed by atoms with Gasteiger partial charge in [-0.3, -0.25) is 4.68 Å². The van der Waals surface area contributed by atoms with Crippen LogP contribution in [0.1, 0.15) is 5.82 Å². The standard InChI is InChI=1S/C10H13ClN6O2S/c1-12-10-8(11)3-7(4-13-10)20(18,19)15-5-9-14-6-17(2)16-9/h3-4,6,15H,5H2,1-2H3,(H,12,13). The van der Waals surface area contributed by atoms with Gasteiger partial charge in [0.1, 0.15) is 17.0 Å². The van der Waals surface area contributed by atoms with Gasteiger partial charge >= 0.3 is 0 Å². The van der Waals surface area contributed by atoms with Crippen molar-refractivity contribution in [1.29, 1.82) is 0 Å². The van der Waals surface area contributed by atoms with Crippen molar-refractivity contribution in [1.82, 2.24) is 24.5 Å². The van der Waals surface area contributed by atoms with Gasteiger partial charge in [0.2, 0.25) is 10.0 Å². The van der Waals surface area contributed by atoms with Crippen LogP contribution in [-0.4, -0.2) is 35.2 Å². The average molecular weight is 317 g/mol. The van der Waals surface area contributed by atoms with E-state index in [0.29, 0.717) is 11.6 Å². The van der Waals surface area contributed by atoms with Crippen LogP contribution in [0.25, 0.3) is 0 Å². The van der Waals surface area contributed by atoms with Gasteiger partial charge in [-0.1, -0.05) is 11.6 Å². The summed E-state index contributed by atoms with van der Waals surface area (Å²) in [5.41, 5.74) is 0. The number of nitrogens with zero attached hydrogens (tertiary/aromatic N) is 4. The molecule has 0 atom stereocenters. The highest BCUT2D eigenvalue weighted by atomic mass is 35.5. The minimum Gasteiger partial charge on any atom is -0.372 e. The molecule has 0 saturated carbocycles. The number of pyridine rings is 1. The Morgan fingerprint density at radius 3 is 2.70 bits per heavy atom. The van der Waals surface area contributed by atoms with E-state index in [0.717, 1.165) is 0 Å². The highest BCUT2D eigenvalue weighted by Crippen LogP contribution is 2.21. The lowest BCUT2D eigenvalue weighted by Gasteiger charge is -2.07.